The second-order valence-electron chi connectivity index (χ2n) is 24.3. The number of rotatable bonds is 38. The maximum Gasteiger partial charge on any atom is 0.323 e. The Balaban J connectivity index is 0.000000270. The molecular weight excluding hydrogens is 1060 g/mol. The molecule has 3 saturated carbocycles. The van der Waals surface area contributed by atoms with E-state index in [1.54, 1.807) is 6.92 Å². The lowest BCUT2D eigenvalue weighted by atomic mass is 9.86. The van der Waals surface area contributed by atoms with Crippen LogP contribution in [0, 0.1) is 16.2 Å². The molecule has 3 aromatic rings. The summed E-state index contributed by atoms with van der Waals surface area (Å²) in [5.41, 5.74) is 2.90. The average Bonchev–Trinajstić information content (AvgIpc) is 3.07. The van der Waals surface area contributed by atoms with Crippen LogP contribution in [0.4, 0.5) is 0 Å². The quantitative estimate of drug-likeness (QED) is 0.0151. The van der Waals surface area contributed by atoms with Crippen molar-refractivity contribution in [3.05, 3.63) is 106 Å². The number of hydrogen-bond acceptors (Lipinski definition) is 10. The van der Waals surface area contributed by atoms with Crippen LogP contribution in [-0.4, -0.2) is 86.1 Å². The molecule has 8 N–H and O–H groups in total. The second kappa shape index (κ2) is 38.4. The molecule has 0 spiro atoms. The van der Waals surface area contributed by atoms with Crippen molar-refractivity contribution in [1.82, 2.24) is 16.0 Å². The first kappa shape index (κ1) is 70.8. The van der Waals surface area contributed by atoms with Gasteiger partial charge in [0.05, 0.1) is 6.61 Å². The Hall–Kier alpha value is -5.64. The molecule has 4 unspecified atom stereocenters. The van der Waals surface area contributed by atoms with E-state index >= 15 is 0 Å². The Morgan fingerprint density at radius 3 is 0.857 bits per heavy atom. The van der Waals surface area contributed by atoms with E-state index in [9.17, 15) is 54.3 Å². The summed E-state index contributed by atoms with van der Waals surface area (Å²) in [5.74, 6) is -6.56. The van der Waals surface area contributed by atoms with E-state index in [1.807, 2.05) is 0 Å². The van der Waals surface area contributed by atoms with E-state index in [-0.39, 0.29) is 56.8 Å². The molecule has 468 valence electrons. The summed E-state index contributed by atoms with van der Waals surface area (Å²) in [6.45, 7) is 10.6. The van der Waals surface area contributed by atoms with E-state index in [4.69, 9.17) is 4.74 Å². The number of unbranched alkanes of at least 4 members (excludes halogenated alkanes) is 16. The van der Waals surface area contributed by atoms with Crippen molar-refractivity contribution in [3.8, 4) is 0 Å². The van der Waals surface area contributed by atoms with Gasteiger partial charge < -0.3 is 46.2 Å². The molecule has 0 heterocycles. The molecule has 84 heavy (non-hydrogen) atoms. The Labute approximate surface area is 502 Å². The number of benzene rings is 3. The molecule has 3 aliphatic rings. The lowest BCUT2D eigenvalue weighted by Crippen LogP contribution is -2.40. The first-order chi connectivity index (χ1) is 40.5. The van der Waals surface area contributed by atoms with E-state index in [2.05, 4.69) is 110 Å². The SMILES string of the molecule is CCCCCCCCCc1ccc(CNC2CCC(C(=O)O)(C(=O)O)C2)cc1.CCCCCCCCc1ccc(CNC2CCC(C(=O)O)(C(=O)O)C2)cc1.CCCCCCCCc1ccc(CNC2CCC(C(=O)O)(C(=O)OCC)C2)cc1. The number of carboxylic acid groups (broad SMARTS) is 5. The van der Waals surface area contributed by atoms with Gasteiger partial charge >= 0.3 is 35.8 Å². The van der Waals surface area contributed by atoms with Crippen molar-refractivity contribution < 1.29 is 59.0 Å². The van der Waals surface area contributed by atoms with Gasteiger partial charge in [0, 0.05) is 37.8 Å². The standard InChI is InChI=1S/C24H37NO4.C23H35NO4.C22H33NO4/c1-3-5-6-7-8-9-10-19-11-13-20(14-12-19)18-25-21-15-16-24(17-21,22(26)27)23(28)29-4-2;1-2-3-4-5-6-7-8-9-18-10-12-19(13-11-18)17-24-20-14-15-23(16-20,21(25)26)22(27)28;1-2-3-4-5-6-7-8-17-9-11-18(12-10-17)16-23-19-13-14-22(15-19,20(24)25)21(26)27/h11-14,21,25H,3-10,15-18H2,1-2H3,(H,26,27);10-13,20,24H,2-9,14-17H2,1H3,(H,25,26)(H,27,28);9-12,19,23H,2-8,13-16H2,1H3,(H,24,25)(H,26,27). The van der Waals surface area contributed by atoms with Gasteiger partial charge in [-0.1, -0.05) is 196 Å². The summed E-state index contributed by atoms with van der Waals surface area (Å²) in [4.78, 5) is 69.4. The molecule has 0 amide bonds. The predicted molar refractivity (Wildman–Crippen MR) is 331 cm³/mol. The fourth-order valence-corrected chi connectivity index (χ4v) is 12.1. The highest BCUT2D eigenvalue weighted by molar-refractivity contribution is 6.00. The zero-order chi connectivity index (χ0) is 61.2. The summed E-state index contributed by atoms with van der Waals surface area (Å²) >= 11 is 0. The molecular formula is C69H105N3O12. The van der Waals surface area contributed by atoms with Crippen LogP contribution >= 0.6 is 0 Å². The van der Waals surface area contributed by atoms with Crippen molar-refractivity contribution in [1.29, 1.82) is 0 Å². The maximum atomic E-state index is 12.2. The van der Waals surface area contributed by atoms with Gasteiger partial charge in [0.2, 0.25) is 0 Å². The van der Waals surface area contributed by atoms with E-state index < -0.39 is 52.1 Å². The lowest BCUT2D eigenvalue weighted by molar-refractivity contribution is -0.169. The van der Waals surface area contributed by atoms with Crippen LogP contribution in [0.25, 0.3) is 0 Å². The van der Waals surface area contributed by atoms with Crippen LogP contribution in [0.5, 0.6) is 0 Å². The van der Waals surface area contributed by atoms with Gasteiger partial charge in [-0.2, -0.15) is 0 Å². The van der Waals surface area contributed by atoms with Gasteiger partial charge in [-0.25, -0.2) is 0 Å². The summed E-state index contributed by atoms with van der Waals surface area (Å²) in [5, 5.41) is 56.9. The average molecular weight is 1170 g/mol. The fraction of sp³-hybridized carbons (Fsp3) is 0.652. The molecule has 0 aliphatic heterocycles. The van der Waals surface area contributed by atoms with Gasteiger partial charge in [0.15, 0.2) is 16.2 Å². The Morgan fingerprint density at radius 1 is 0.369 bits per heavy atom. The van der Waals surface area contributed by atoms with Crippen LogP contribution < -0.4 is 16.0 Å². The molecule has 15 heteroatoms. The van der Waals surface area contributed by atoms with Gasteiger partial charge in [-0.3, -0.25) is 28.8 Å². The number of carbonyl (C=O) groups excluding carboxylic acids is 1. The molecule has 3 fully saturated rings. The molecule has 3 aromatic carbocycles. The van der Waals surface area contributed by atoms with E-state index in [1.165, 1.54) is 144 Å². The van der Waals surface area contributed by atoms with Crippen LogP contribution in [0.1, 0.15) is 241 Å². The Kier molecular flexibility index (Phi) is 32.4. The minimum atomic E-state index is -1.63. The van der Waals surface area contributed by atoms with Crippen LogP contribution in [0.2, 0.25) is 0 Å². The number of nitrogens with one attached hydrogen (secondary N) is 3. The Morgan fingerprint density at radius 2 is 0.607 bits per heavy atom. The van der Waals surface area contributed by atoms with Gasteiger partial charge in [0.25, 0.3) is 0 Å². The summed E-state index contributed by atoms with van der Waals surface area (Å²) in [6.07, 6.45) is 31.4. The van der Waals surface area contributed by atoms with Crippen LogP contribution in [-0.2, 0) is 72.4 Å². The van der Waals surface area contributed by atoms with Gasteiger partial charge in [-0.05, 0) is 137 Å². The smallest absolute Gasteiger partial charge is 0.323 e. The molecule has 0 aromatic heterocycles. The number of ether oxygens (including phenoxy) is 1. The molecule has 6 rings (SSSR count). The zero-order valence-corrected chi connectivity index (χ0v) is 51.5. The number of carboxylic acids is 5. The predicted octanol–water partition coefficient (Wildman–Crippen LogP) is 14.0. The fourth-order valence-electron chi connectivity index (χ4n) is 12.1. The Bertz CT molecular complexity index is 2380. The minimum absolute atomic E-state index is 0.0123. The van der Waals surface area contributed by atoms with Crippen LogP contribution in [0.3, 0.4) is 0 Å². The third kappa shape index (κ3) is 23.3. The molecule has 0 bridgehead atoms. The minimum Gasteiger partial charge on any atom is -0.480 e. The van der Waals surface area contributed by atoms with Gasteiger partial charge in [-0.15, -0.1) is 0 Å². The van der Waals surface area contributed by atoms with Crippen molar-refractivity contribution in [3.63, 3.8) is 0 Å². The highest BCUT2D eigenvalue weighted by atomic mass is 16.5. The number of aryl methyl sites for hydroxylation is 3. The van der Waals surface area contributed by atoms with E-state index in [0.717, 1.165) is 30.4 Å². The topological polar surface area (TPSA) is 249 Å². The van der Waals surface area contributed by atoms with E-state index in [0.29, 0.717) is 45.3 Å². The molecule has 3 aliphatic carbocycles. The first-order valence-electron chi connectivity index (χ1n) is 32.2. The van der Waals surface area contributed by atoms with Crippen LogP contribution in [0.15, 0.2) is 72.8 Å². The highest BCUT2D eigenvalue weighted by Gasteiger charge is 2.54. The number of aliphatic carboxylic acids is 5. The van der Waals surface area contributed by atoms with Crippen molar-refractivity contribution in [2.45, 2.75) is 265 Å². The monoisotopic (exact) mass is 1170 g/mol. The third-order valence-electron chi connectivity index (χ3n) is 17.8. The molecule has 15 nitrogen and oxygen atoms in total. The third-order valence-corrected chi connectivity index (χ3v) is 17.8. The summed E-state index contributed by atoms with van der Waals surface area (Å²) in [7, 11) is 0. The van der Waals surface area contributed by atoms with Gasteiger partial charge in [0.1, 0.15) is 0 Å². The normalized spacial score (nSPS) is 19.4. The number of hydrogen-bond donors (Lipinski definition) is 8. The summed E-state index contributed by atoms with van der Waals surface area (Å²) < 4.78 is 5.03. The molecule has 0 radical (unpaired) electrons. The summed E-state index contributed by atoms with van der Waals surface area (Å²) in [6, 6.07) is 25.6. The number of carbonyl (C=O) groups is 6. The van der Waals surface area contributed by atoms with Crippen molar-refractivity contribution in [2.24, 2.45) is 16.2 Å². The largest absolute Gasteiger partial charge is 0.480 e. The highest BCUT2D eigenvalue weighted by Crippen LogP contribution is 2.42. The maximum absolute atomic E-state index is 12.2. The molecule has 4 atom stereocenters. The lowest BCUT2D eigenvalue weighted by Gasteiger charge is -2.22. The van der Waals surface area contributed by atoms with Crippen molar-refractivity contribution >= 4 is 35.8 Å². The van der Waals surface area contributed by atoms with Crippen molar-refractivity contribution in [2.75, 3.05) is 6.61 Å². The number of esters is 1. The molecule has 0 saturated heterocycles. The zero-order valence-electron chi connectivity index (χ0n) is 51.5. The second-order valence-corrected chi connectivity index (χ2v) is 24.3. The first-order valence-corrected chi connectivity index (χ1v) is 32.2.